The van der Waals surface area contributed by atoms with Crippen molar-refractivity contribution in [3.8, 4) is 0 Å². The molecular weight excluding hydrogens is 190 g/mol. The summed E-state index contributed by atoms with van der Waals surface area (Å²) in [6.45, 7) is 1.55. The molecule has 1 aromatic rings. The van der Waals surface area contributed by atoms with Gasteiger partial charge in [0.2, 0.25) is 0 Å². The van der Waals surface area contributed by atoms with Crippen LogP contribution < -0.4 is 5.73 Å². The molecule has 0 aliphatic rings. The largest absolute Gasteiger partial charge is 0.326 e. The number of hydrogen-bond acceptors (Lipinski definition) is 3. The van der Waals surface area contributed by atoms with E-state index in [0.717, 1.165) is 6.20 Å². The molecule has 2 N–H and O–H groups in total. The van der Waals surface area contributed by atoms with Crippen molar-refractivity contribution in [3.63, 3.8) is 0 Å². The maximum atomic E-state index is 12.4. The van der Waals surface area contributed by atoms with Crippen LogP contribution in [0.5, 0.6) is 0 Å². The van der Waals surface area contributed by atoms with Gasteiger partial charge in [0.15, 0.2) is 6.29 Å². The highest BCUT2D eigenvalue weighted by atomic mass is 19.3. The lowest BCUT2D eigenvalue weighted by Gasteiger charge is -2.10. The zero-order valence-corrected chi connectivity index (χ0v) is 7.63. The lowest BCUT2D eigenvalue weighted by Crippen LogP contribution is -2.08. The van der Waals surface area contributed by atoms with Crippen LogP contribution in [-0.2, 0) is 6.54 Å². The van der Waals surface area contributed by atoms with Crippen molar-refractivity contribution in [1.82, 2.24) is 4.98 Å². The molecule has 0 aliphatic heterocycles. The number of carbonyl (C=O) groups is 1. The number of nitrogens with zero attached hydrogens (tertiary/aromatic N) is 1. The zero-order valence-electron chi connectivity index (χ0n) is 7.63. The van der Waals surface area contributed by atoms with Crippen molar-refractivity contribution < 1.29 is 13.6 Å². The van der Waals surface area contributed by atoms with Gasteiger partial charge in [-0.1, -0.05) is 0 Å². The minimum atomic E-state index is -2.59. The molecule has 76 valence electrons. The van der Waals surface area contributed by atoms with Crippen LogP contribution in [0.15, 0.2) is 6.20 Å². The summed E-state index contributed by atoms with van der Waals surface area (Å²) in [6.07, 6.45) is -1.05. The summed E-state index contributed by atoms with van der Waals surface area (Å²) in [7, 11) is 0. The molecule has 0 spiro atoms. The van der Waals surface area contributed by atoms with E-state index in [2.05, 4.69) is 4.98 Å². The van der Waals surface area contributed by atoms with Gasteiger partial charge in [-0.2, -0.15) is 0 Å². The van der Waals surface area contributed by atoms with E-state index >= 15 is 0 Å². The van der Waals surface area contributed by atoms with Crippen LogP contribution in [0.3, 0.4) is 0 Å². The zero-order chi connectivity index (χ0) is 10.7. The topological polar surface area (TPSA) is 56.0 Å². The molecule has 3 nitrogen and oxygen atoms in total. The Bertz CT molecular complexity index is 353. The number of aromatic nitrogens is 1. The Balaban J connectivity index is 3.34. The van der Waals surface area contributed by atoms with Crippen LogP contribution in [0.4, 0.5) is 8.78 Å². The maximum Gasteiger partial charge on any atom is 0.265 e. The van der Waals surface area contributed by atoms with Gasteiger partial charge < -0.3 is 5.73 Å². The normalized spacial score (nSPS) is 10.6. The quantitative estimate of drug-likeness (QED) is 0.754. The fraction of sp³-hybridized carbons (Fsp3) is 0.333. The lowest BCUT2D eigenvalue weighted by atomic mass is 10.0. The molecule has 0 aliphatic carbocycles. The molecule has 0 radical (unpaired) electrons. The van der Waals surface area contributed by atoms with Gasteiger partial charge in [0.1, 0.15) is 5.69 Å². The van der Waals surface area contributed by atoms with Crippen molar-refractivity contribution in [2.45, 2.75) is 19.9 Å². The van der Waals surface area contributed by atoms with E-state index in [1.165, 1.54) is 6.92 Å². The number of pyridine rings is 1. The molecule has 1 rings (SSSR count). The third kappa shape index (κ3) is 1.77. The highest BCUT2D eigenvalue weighted by Gasteiger charge is 2.15. The summed E-state index contributed by atoms with van der Waals surface area (Å²) in [5.74, 6) is 0. The Morgan fingerprint density at radius 1 is 1.64 bits per heavy atom. The Morgan fingerprint density at radius 3 is 2.71 bits per heavy atom. The minimum Gasteiger partial charge on any atom is -0.326 e. The second kappa shape index (κ2) is 4.23. The molecule has 0 bridgehead atoms. The van der Waals surface area contributed by atoms with Crippen LogP contribution in [0.2, 0.25) is 0 Å². The van der Waals surface area contributed by atoms with Crippen molar-refractivity contribution >= 4 is 6.29 Å². The number of hydrogen-bond donors (Lipinski definition) is 1. The summed E-state index contributed by atoms with van der Waals surface area (Å²) in [5, 5.41) is 0. The van der Waals surface area contributed by atoms with Crippen LogP contribution in [0, 0.1) is 6.92 Å². The van der Waals surface area contributed by atoms with Crippen molar-refractivity contribution in [2.75, 3.05) is 0 Å². The molecular formula is C9H10F2N2O. The molecule has 1 aromatic heterocycles. The van der Waals surface area contributed by atoms with E-state index in [9.17, 15) is 13.6 Å². The fourth-order valence-electron chi connectivity index (χ4n) is 1.26. The van der Waals surface area contributed by atoms with Gasteiger partial charge in [-0.25, -0.2) is 8.78 Å². The summed E-state index contributed by atoms with van der Waals surface area (Å²) in [6, 6.07) is 0. The van der Waals surface area contributed by atoms with Gasteiger partial charge in [-0.05, 0) is 18.1 Å². The summed E-state index contributed by atoms with van der Waals surface area (Å²) in [4.78, 5) is 14.1. The van der Waals surface area contributed by atoms with Gasteiger partial charge >= 0.3 is 0 Å². The Kier molecular flexibility index (Phi) is 3.24. The molecule has 5 heteroatoms. The van der Waals surface area contributed by atoms with E-state index in [-0.39, 0.29) is 17.8 Å². The average Bonchev–Trinajstić information content (AvgIpc) is 2.16. The third-order valence-electron chi connectivity index (χ3n) is 2.09. The van der Waals surface area contributed by atoms with E-state index in [0.29, 0.717) is 17.4 Å². The summed E-state index contributed by atoms with van der Waals surface area (Å²) >= 11 is 0. The smallest absolute Gasteiger partial charge is 0.265 e. The number of aldehydes is 1. The first kappa shape index (κ1) is 10.7. The number of halogens is 2. The predicted octanol–water partition coefficient (Wildman–Crippen LogP) is 1.60. The van der Waals surface area contributed by atoms with E-state index < -0.39 is 6.43 Å². The second-order valence-corrected chi connectivity index (χ2v) is 2.83. The Labute approximate surface area is 79.9 Å². The number of rotatable bonds is 3. The van der Waals surface area contributed by atoms with Crippen LogP contribution in [-0.4, -0.2) is 11.3 Å². The van der Waals surface area contributed by atoms with Crippen molar-refractivity contribution in [2.24, 2.45) is 5.73 Å². The summed E-state index contributed by atoms with van der Waals surface area (Å²) < 4.78 is 24.8. The van der Waals surface area contributed by atoms with E-state index in [4.69, 9.17) is 5.73 Å². The van der Waals surface area contributed by atoms with Gasteiger partial charge in [0.05, 0.1) is 0 Å². The molecule has 14 heavy (non-hydrogen) atoms. The molecule has 0 fully saturated rings. The molecule has 1 heterocycles. The van der Waals surface area contributed by atoms with E-state index in [1.54, 1.807) is 0 Å². The molecule has 0 aromatic carbocycles. The lowest BCUT2D eigenvalue weighted by molar-refractivity contribution is 0.111. The first-order valence-corrected chi connectivity index (χ1v) is 4.03. The predicted molar refractivity (Wildman–Crippen MR) is 47.2 cm³/mol. The van der Waals surface area contributed by atoms with E-state index in [1.807, 2.05) is 0 Å². The molecule has 0 amide bonds. The maximum absolute atomic E-state index is 12.4. The molecule has 0 saturated carbocycles. The third-order valence-corrected chi connectivity index (χ3v) is 2.09. The van der Waals surface area contributed by atoms with Crippen LogP contribution >= 0.6 is 0 Å². The van der Waals surface area contributed by atoms with Crippen LogP contribution in [0.25, 0.3) is 0 Å². The fourth-order valence-corrected chi connectivity index (χ4v) is 1.26. The minimum absolute atomic E-state index is 0.0352. The Hall–Kier alpha value is -1.36. The van der Waals surface area contributed by atoms with Gasteiger partial charge in [0.25, 0.3) is 6.43 Å². The highest BCUT2D eigenvalue weighted by Crippen LogP contribution is 2.24. The van der Waals surface area contributed by atoms with Gasteiger partial charge in [-0.15, -0.1) is 0 Å². The summed E-state index contributed by atoms with van der Waals surface area (Å²) in [5.41, 5.74) is 6.05. The van der Waals surface area contributed by atoms with Crippen LogP contribution in [0.1, 0.15) is 33.6 Å². The second-order valence-electron chi connectivity index (χ2n) is 2.83. The van der Waals surface area contributed by atoms with Gasteiger partial charge in [-0.3, -0.25) is 9.78 Å². The van der Waals surface area contributed by atoms with Crippen molar-refractivity contribution in [1.29, 1.82) is 0 Å². The first-order chi connectivity index (χ1) is 6.61. The molecule has 0 saturated heterocycles. The Morgan fingerprint density at radius 2 is 2.29 bits per heavy atom. The molecule has 0 atom stereocenters. The number of nitrogens with two attached hydrogens (primary N) is 1. The average molecular weight is 200 g/mol. The highest BCUT2D eigenvalue weighted by molar-refractivity contribution is 5.75. The SMILES string of the molecule is Cc1c(C(F)F)cnc(C=O)c1CN. The number of alkyl halides is 2. The standard InChI is InChI=1S/C9H10F2N2O/c1-5-6(2-12)8(4-14)13-3-7(5)9(10)11/h3-4,9H,2,12H2,1H3. The molecule has 0 unspecified atom stereocenters. The monoisotopic (exact) mass is 200 g/mol. The van der Waals surface area contributed by atoms with Crippen molar-refractivity contribution in [3.05, 3.63) is 28.6 Å². The van der Waals surface area contributed by atoms with Gasteiger partial charge in [0, 0.05) is 18.3 Å². The number of carbonyl (C=O) groups excluding carboxylic acids is 1. The first-order valence-electron chi connectivity index (χ1n) is 4.03.